The van der Waals surface area contributed by atoms with Gasteiger partial charge in [-0.3, -0.25) is 9.59 Å². The van der Waals surface area contributed by atoms with Gasteiger partial charge in [-0.15, -0.1) is 11.3 Å². The molecule has 1 atom stereocenters. The summed E-state index contributed by atoms with van der Waals surface area (Å²) in [4.78, 5) is 35.9. The second-order valence-corrected chi connectivity index (χ2v) is 6.06. The number of nitrogens with one attached hydrogen (secondary N) is 3. The average molecular weight is 345 g/mol. The van der Waals surface area contributed by atoms with Crippen LogP contribution in [0.15, 0.2) is 35.7 Å². The van der Waals surface area contributed by atoms with Gasteiger partial charge in [-0.2, -0.15) is 0 Å². The molecule has 2 amide bonds. The Morgan fingerprint density at radius 1 is 1.25 bits per heavy atom. The highest BCUT2D eigenvalue weighted by molar-refractivity contribution is 7.14. The first-order valence-electron chi connectivity index (χ1n) is 7.20. The van der Waals surface area contributed by atoms with Crippen LogP contribution < -0.4 is 16.0 Å². The van der Waals surface area contributed by atoms with Gasteiger partial charge in [0.15, 0.2) is 0 Å². The van der Waals surface area contributed by atoms with Crippen molar-refractivity contribution in [2.75, 3.05) is 23.1 Å². The Labute approximate surface area is 142 Å². The molecular weight excluding hydrogens is 330 g/mol. The number of carbonyl (C=O) groups is 3. The molecule has 0 bridgehead atoms. The molecule has 2 heterocycles. The van der Waals surface area contributed by atoms with Gasteiger partial charge in [0.05, 0.1) is 30.5 Å². The second-order valence-electron chi connectivity index (χ2n) is 5.14. The first-order valence-corrected chi connectivity index (χ1v) is 8.08. The fourth-order valence-corrected chi connectivity index (χ4v) is 3.17. The van der Waals surface area contributed by atoms with Crippen LogP contribution in [0.4, 0.5) is 16.4 Å². The number of esters is 1. The van der Waals surface area contributed by atoms with E-state index in [1.165, 1.54) is 18.4 Å². The molecule has 3 rings (SSSR count). The number of methoxy groups -OCH3 is 1. The molecule has 1 aliphatic heterocycles. The molecule has 0 radical (unpaired) electrons. The second kappa shape index (κ2) is 6.71. The lowest BCUT2D eigenvalue weighted by Crippen LogP contribution is -2.41. The van der Waals surface area contributed by atoms with Crippen molar-refractivity contribution >= 4 is 45.5 Å². The Morgan fingerprint density at radius 3 is 2.75 bits per heavy atom. The Balaban J connectivity index is 1.67. The van der Waals surface area contributed by atoms with Gasteiger partial charge in [-0.1, -0.05) is 12.1 Å². The van der Waals surface area contributed by atoms with E-state index in [9.17, 15) is 14.4 Å². The summed E-state index contributed by atoms with van der Waals surface area (Å²) in [6.45, 7) is 0. The number of amides is 2. The fourth-order valence-electron chi connectivity index (χ4n) is 2.37. The van der Waals surface area contributed by atoms with E-state index in [2.05, 4.69) is 20.7 Å². The summed E-state index contributed by atoms with van der Waals surface area (Å²) in [6.07, 6.45) is -0.0569. The lowest BCUT2D eigenvalue weighted by atomic mass is 10.1. The van der Waals surface area contributed by atoms with Crippen LogP contribution in [0.2, 0.25) is 0 Å². The van der Waals surface area contributed by atoms with Gasteiger partial charge in [0.2, 0.25) is 11.8 Å². The Kier molecular flexibility index (Phi) is 4.48. The normalized spacial score (nSPS) is 15.7. The van der Waals surface area contributed by atoms with Crippen molar-refractivity contribution in [3.8, 4) is 0 Å². The number of ether oxygens (including phenoxy) is 1. The zero-order chi connectivity index (χ0) is 17.1. The minimum absolute atomic E-state index is 0.0569. The Morgan fingerprint density at radius 2 is 2.00 bits per heavy atom. The summed E-state index contributed by atoms with van der Waals surface area (Å²) in [7, 11) is 1.28. The van der Waals surface area contributed by atoms with E-state index in [0.717, 1.165) is 5.69 Å². The smallest absolute Gasteiger partial charge is 0.340 e. The van der Waals surface area contributed by atoms with Crippen molar-refractivity contribution in [1.29, 1.82) is 0 Å². The van der Waals surface area contributed by atoms with E-state index in [-0.39, 0.29) is 18.2 Å². The maximum Gasteiger partial charge on any atom is 0.340 e. The minimum atomic E-state index is -0.679. The zero-order valence-electron chi connectivity index (χ0n) is 12.8. The number of rotatable bonds is 4. The molecule has 124 valence electrons. The van der Waals surface area contributed by atoms with Crippen LogP contribution in [-0.2, 0) is 14.3 Å². The molecule has 3 N–H and O–H groups in total. The van der Waals surface area contributed by atoms with Crippen LogP contribution >= 0.6 is 11.3 Å². The van der Waals surface area contributed by atoms with Crippen LogP contribution in [0.1, 0.15) is 16.8 Å². The number of hydrogen-bond donors (Lipinski definition) is 3. The van der Waals surface area contributed by atoms with Gasteiger partial charge in [-0.25, -0.2) is 4.79 Å². The summed E-state index contributed by atoms with van der Waals surface area (Å²) in [5.74, 6) is -1.16. The molecule has 1 aromatic carbocycles. The van der Waals surface area contributed by atoms with Gasteiger partial charge in [0.25, 0.3) is 0 Å². The van der Waals surface area contributed by atoms with Crippen LogP contribution in [0, 0.1) is 0 Å². The highest BCUT2D eigenvalue weighted by Gasteiger charge is 2.27. The van der Waals surface area contributed by atoms with Gasteiger partial charge in [-0.05, 0) is 23.6 Å². The summed E-state index contributed by atoms with van der Waals surface area (Å²) < 4.78 is 4.66. The predicted octanol–water partition coefficient (Wildman–Crippen LogP) is 2.30. The monoisotopic (exact) mass is 345 g/mol. The molecule has 24 heavy (non-hydrogen) atoms. The van der Waals surface area contributed by atoms with E-state index in [1.807, 2.05) is 18.2 Å². The summed E-state index contributed by atoms with van der Waals surface area (Å²) in [5.41, 5.74) is 1.74. The molecule has 2 aromatic rings. The van der Waals surface area contributed by atoms with Crippen LogP contribution in [0.5, 0.6) is 0 Å². The molecule has 0 saturated carbocycles. The number of benzene rings is 1. The molecule has 0 fully saturated rings. The van der Waals surface area contributed by atoms with E-state index in [1.54, 1.807) is 17.5 Å². The number of fused-ring (bicyclic) bond motifs is 1. The lowest BCUT2D eigenvalue weighted by Gasteiger charge is -2.26. The van der Waals surface area contributed by atoms with Gasteiger partial charge in [0, 0.05) is 0 Å². The maximum atomic E-state index is 12.2. The zero-order valence-corrected chi connectivity index (χ0v) is 13.6. The van der Waals surface area contributed by atoms with Gasteiger partial charge < -0.3 is 20.7 Å². The molecule has 1 aliphatic rings. The number of para-hydroxylation sites is 2. The standard InChI is InChI=1S/C16H15N3O4S/c1-23-16(22)9-6-7-24-15(9)19-13(20)8-12-14(21)18-11-5-3-2-4-10(11)17-12/h2-7,12,17H,8H2,1H3,(H,18,21)(H,19,20)/t12-/m1/s1. The summed E-state index contributed by atoms with van der Waals surface area (Å²) in [6, 6.07) is 8.17. The largest absolute Gasteiger partial charge is 0.465 e. The van der Waals surface area contributed by atoms with Crippen molar-refractivity contribution < 1.29 is 19.1 Å². The van der Waals surface area contributed by atoms with Crippen molar-refractivity contribution in [3.63, 3.8) is 0 Å². The molecule has 0 unspecified atom stereocenters. The third-order valence-electron chi connectivity index (χ3n) is 3.54. The van der Waals surface area contributed by atoms with Crippen LogP contribution in [0.25, 0.3) is 0 Å². The topological polar surface area (TPSA) is 96.5 Å². The Bertz CT molecular complexity index is 802. The van der Waals surface area contributed by atoms with Crippen molar-refractivity contribution in [2.24, 2.45) is 0 Å². The highest BCUT2D eigenvalue weighted by Crippen LogP contribution is 2.28. The van der Waals surface area contributed by atoms with E-state index in [0.29, 0.717) is 16.3 Å². The molecule has 0 aliphatic carbocycles. The lowest BCUT2D eigenvalue weighted by molar-refractivity contribution is -0.122. The SMILES string of the molecule is COC(=O)c1ccsc1NC(=O)C[C@H]1Nc2ccccc2NC1=O. The van der Waals surface area contributed by atoms with E-state index < -0.39 is 12.0 Å². The minimum Gasteiger partial charge on any atom is -0.465 e. The number of thiophene rings is 1. The molecule has 1 aromatic heterocycles. The average Bonchev–Trinajstić information content (AvgIpc) is 3.02. The quantitative estimate of drug-likeness (QED) is 0.739. The third-order valence-corrected chi connectivity index (χ3v) is 4.37. The number of anilines is 3. The summed E-state index contributed by atoms with van der Waals surface area (Å²) in [5, 5.41) is 10.6. The molecular formula is C16H15N3O4S. The van der Waals surface area contributed by atoms with Crippen molar-refractivity contribution in [1.82, 2.24) is 0 Å². The maximum absolute atomic E-state index is 12.2. The van der Waals surface area contributed by atoms with Crippen molar-refractivity contribution in [2.45, 2.75) is 12.5 Å². The first-order chi connectivity index (χ1) is 11.6. The van der Waals surface area contributed by atoms with Gasteiger partial charge >= 0.3 is 5.97 Å². The van der Waals surface area contributed by atoms with Crippen LogP contribution in [0.3, 0.4) is 0 Å². The van der Waals surface area contributed by atoms with E-state index in [4.69, 9.17) is 0 Å². The fraction of sp³-hybridized carbons (Fsp3) is 0.188. The number of hydrogen-bond acceptors (Lipinski definition) is 6. The molecule has 7 nitrogen and oxygen atoms in total. The van der Waals surface area contributed by atoms with Gasteiger partial charge in [0.1, 0.15) is 11.0 Å². The van der Waals surface area contributed by atoms with E-state index >= 15 is 0 Å². The summed E-state index contributed by atoms with van der Waals surface area (Å²) >= 11 is 1.22. The van der Waals surface area contributed by atoms with Crippen LogP contribution in [-0.4, -0.2) is 30.9 Å². The molecule has 0 saturated heterocycles. The third kappa shape index (κ3) is 3.23. The Hall–Kier alpha value is -2.87. The highest BCUT2D eigenvalue weighted by atomic mass is 32.1. The molecule has 8 heteroatoms. The first kappa shape index (κ1) is 16.0. The number of carbonyl (C=O) groups excluding carboxylic acids is 3. The predicted molar refractivity (Wildman–Crippen MR) is 91.4 cm³/mol. The molecule has 0 spiro atoms. The van der Waals surface area contributed by atoms with Crippen molar-refractivity contribution in [3.05, 3.63) is 41.3 Å².